The minimum absolute atomic E-state index is 0.0946. The molecule has 1 N–H and O–H groups in total. The molecule has 0 aromatic heterocycles. The first kappa shape index (κ1) is 29.2. The third kappa shape index (κ3) is 6.76. The number of ether oxygens (including phenoxy) is 2. The third-order valence-corrected chi connectivity index (χ3v) is 7.09. The van der Waals surface area contributed by atoms with Gasteiger partial charge in [-0.15, -0.1) is 0 Å². The van der Waals surface area contributed by atoms with Gasteiger partial charge in [0.05, 0.1) is 25.3 Å². The van der Waals surface area contributed by atoms with Crippen LogP contribution in [0.3, 0.4) is 0 Å². The number of aryl methyl sites for hydroxylation is 1. The van der Waals surface area contributed by atoms with Gasteiger partial charge < -0.3 is 24.4 Å². The predicted molar refractivity (Wildman–Crippen MR) is 151 cm³/mol. The molecule has 1 aliphatic rings. The van der Waals surface area contributed by atoms with Crippen LogP contribution in [0, 0.1) is 12.8 Å². The number of amides is 1. The molecule has 1 unspecified atom stereocenters. The lowest BCUT2D eigenvalue weighted by molar-refractivity contribution is -0.140. The van der Waals surface area contributed by atoms with Gasteiger partial charge in [0.15, 0.2) is 11.5 Å². The van der Waals surface area contributed by atoms with E-state index in [0.717, 1.165) is 31.6 Å². The summed E-state index contributed by atoms with van der Waals surface area (Å²) in [5.41, 5.74) is 2.32. The van der Waals surface area contributed by atoms with Crippen molar-refractivity contribution in [1.29, 1.82) is 0 Å². The number of carbonyl (C=O) groups excluding carboxylic acids is 2. The van der Waals surface area contributed by atoms with Crippen molar-refractivity contribution in [3.63, 3.8) is 0 Å². The molecule has 0 spiro atoms. The molecule has 7 nitrogen and oxygen atoms in total. The standard InChI is InChI=1S/C31H42N2O5/c1-7-32(8-2)17-9-18-33-28(24-14-15-25(26(20-24)37-6)38-19-16-21(3)4)27(30(35)31(33)36)29(34)23-12-10-22(5)11-13-23/h10-15,20-21,28,34H,7-9,16-19H2,1-6H3. The Bertz CT molecular complexity index is 1140. The van der Waals surface area contributed by atoms with Crippen LogP contribution in [0.1, 0.15) is 63.3 Å². The fourth-order valence-corrected chi connectivity index (χ4v) is 4.71. The molecular weight excluding hydrogens is 480 g/mol. The van der Waals surface area contributed by atoms with Gasteiger partial charge in [0.2, 0.25) is 0 Å². The van der Waals surface area contributed by atoms with Crippen LogP contribution in [0.4, 0.5) is 0 Å². The van der Waals surface area contributed by atoms with Gasteiger partial charge in [0.25, 0.3) is 11.7 Å². The summed E-state index contributed by atoms with van der Waals surface area (Å²) in [7, 11) is 1.57. The second-order valence-electron chi connectivity index (χ2n) is 10.2. The molecule has 1 saturated heterocycles. The first-order chi connectivity index (χ1) is 18.2. The maximum Gasteiger partial charge on any atom is 0.295 e. The molecule has 1 aliphatic heterocycles. The van der Waals surface area contributed by atoms with Gasteiger partial charge in [-0.3, -0.25) is 9.59 Å². The molecule has 2 aromatic rings. The fourth-order valence-electron chi connectivity index (χ4n) is 4.71. The molecule has 1 fully saturated rings. The maximum absolute atomic E-state index is 13.3. The molecule has 3 rings (SSSR count). The van der Waals surface area contributed by atoms with Crippen LogP contribution in [0.25, 0.3) is 5.76 Å². The summed E-state index contributed by atoms with van der Waals surface area (Å²) in [6, 6.07) is 12.0. The smallest absolute Gasteiger partial charge is 0.295 e. The summed E-state index contributed by atoms with van der Waals surface area (Å²) in [6.07, 6.45) is 1.62. The number of aliphatic hydroxyl groups is 1. The number of ketones is 1. The Balaban J connectivity index is 2.03. The highest BCUT2D eigenvalue weighted by Crippen LogP contribution is 2.42. The Kier molecular flexibility index (Phi) is 10.4. The average Bonchev–Trinajstić information content (AvgIpc) is 3.16. The number of aliphatic hydroxyl groups excluding tert-OH is 1. The number of rotatable bonds is 13. The van der Waals surface area contributed by atoms with E-state index >= 15 is 0 Å². The predicted octanol–water partition coefficient (Wildman–Crippen LogP) is 5.58. The van der Waals surface area contributed by atoms with E-state index in [2.05, 4.69) is 32.6 Å². The van der Waals surface area contributed by atoms with E-state index in [9.17, 15) is 14.7 Å². The second-order valence-corrected chi connectivity index (χ2v) is 10.2. The largest absolute Gasteiger partial charge is 0.507 e. The summed E-state index contributed by atoms with van der Waals surface area (Å²) in [5, 5.41) is 11.3. The maximum atomic E-state index is 13.3. The Hall–Kier alpha value is -3.32. The quantitative estimate of drug-likeness (QED) is 0.210. The third-order valence-electron chi connectivity index (χ3n) is 7.09. The number of hydrogen-bond donors (Lipinski definition) is 1. The number of Topliss-reactive ketones (excluding diaryl/α,β-unsaturated/α-hetero) is 1. The molecule has 1 atom stereocenters. The van der Waals surface area contributed by atoms with Crippen LogP contribution < -0.4 is 9.47 Å². The highest BCUT2D eigenvalue weighted by Gasteiger charge is 2.46. The van der Waals surface area contributed by atoms with Gasteiger partial charge in [-0.2, -0.15) is 0 Å². The number of nitrogens with zero attached hydrogens (tertiary/aromatic N) is 2. The highest BCUT2D eigenvalue weighted by atomic mass is 16.5. The lowest BCUT2D eigenvalue weighted by Crippen LogP contribution is -2.33. The Morgan fingerprint density at radius 3 is 2.34 bits per heavy atom. The van der Waals surface area contributed by atoms with Crippen molar-refractivity contribution in [3.8, 4) is 11.5 Å². The van der Waals surface area contributed by atoms with Gasteiger partial charge in [-0.05, 0) is 63.0 Å². The van der Waals surface area contributed by atoms with Crippen LogP contribution in [0.15, 0.2) is 48.0 Å². The Morgan fingerprint density at radius 1 is 1.05 bits per heavy atom. The van der Waals surface area contributed by atoms with Crippen molar-refractivity contribution >= 4 is 17.4 Å². The number of carbonyl (C=O) groups is 2. The normalized spacial score (nSPS) is 17.1. The first-order valence-corrected chi connectivity index (χ1v) is 13.6. The molecule has 7 heteroatoms. The Labute approximate surface area is 227 Å². The van der Waals surface area contributed by atoms with E-state index in [0.29, 0.717) is 48.1 Å². The number of methoxy groups -OCH3 is 1. The topological polar surface area (TPSA) is 79.3 Å². The van der Waals surface area contributed by atoms with Gasteiger partial charge >= 0.3 is 0 Å². The van der Waals surface area contributed by atoms with Crippen molar-refractivity contribution in [2.45, 2.75) is 53.5 Å². The van der Waals surface area contributed by atoms with E-state index in [1.807, 2.05) is 31.2 Å². The fraction of sp³-hybridized carbons (Fsp3) is 0.484. The van der Waals surface area contributed by atoms with Gasteiger partial charge in [0, 0.05) is 12.1 Å². The van der Waals surface area contributed by atoms with Crippen molar-refractivity contribution in [3.05, 3.63) is 64.7 Å². The van der Waals surface area contributed by atoms with Crippen molar-refractivity contribution < 1.29 is 24.2 Å². The summed E-state index contributed by atoms with van der Waals surface area (Å²) < 4.78 is 11.6. The Morgan fingerprint density at radius 2 is 1.74 bits per heavy atom. The van der Waals surface area contributed by atoms with E-state index in [1.54, 1.807) is 30.2 Å². The zero-order valence-electron chi connectivity index (χ0n) is 23.6. The van der Waals surface area contributed by atoms with Crippen molar-refractivity contribution in [2.24, 2.45) is 5.92 Å². The van der Waals surface area contributed by atoms with Crippen molar-refractivity contribution in [2.75, 3.05) is 39.9 Å². The van der Waals surface area contributed by atoms with E-state index < -0.39 is 17.7 Å². The van der Waals surface area contributed by atoms with Crippen LogP contribution in [-0.4, -0.2) is 66.5 Å². The van der Waals surface area contributed by atoms with Crippen molar-refractivity contribution in [1.82, 2.24) is 9.80 Å². The van der Waals surface area contributed by atoms with Gasteiger partial charge in [-0.1, -0.05) is 63.6 Å². The van der Waals surface area contributed by atoms with Crippen LogP contribution in [-0.2, 0) is 9.59 Å². The molecule has 38 heavy (non-hydrogen) atoms. The highest BCUT2D eigenvalue weighted by molar-refractivity contribution is 6.46. The molecule has 206 valence electrons. The molecule has 1 amide bonds. The molecule has 0 radical (unpaired) electrons. The van der Waals surface area contributed by atoms with Gasteiger partial charge in [-0.25, -0.2) is 0 Å². The number of hydrogen-bond acceptors (Lipinski definition) is 6. The monoisotopic (exact) mass is 522 g/mol. The van der Waals surface area contributed by atoms with E-state index in [-0.39, 0.29) is 11.3 Å². The minimum atomic E-state index is -0.730. The summed E-state index contributed by atoms with van der Waals surface area (Å²) in [5.74, 6) is 0.199. The molecule has 2 aromatic carbocycles. The molecule has 0 bridgehead atoms. The molecule has 0 aliphatic carbocycles. The summed E-state index contributed by atoms with van der Waals surface area (Å²) >= 11 is 0. The molecule has 1 heterocycles. The molecular formula is C31H42N2O5. The average molecular weight is 523 g/mol. The SMILES string of the molecule is CCN(CC)CCCN1C(=O)C(=O)C(=C(O)c2ccc(C)cc2)C1c1ccc(OCCC(C)C)c(OC)c1. The first-order valence-electron chi connectivity index (χ1n) is 13.6. The summed E-state index contributed by atoms with van der Waals surface area (Å²) in [6.45, 7) is 14.0. The van der Waals surface area contributed by atoms with E-state index in [1.165, 1.54) is 0 Å². The lowest BCUT2D eigenvalue weighted by atomic mass is 9.94. The van der Waals surface area contributed by atoms with Crippen LogP contribution in [0.5, 0.6) is 11.5 Å². The lowest BCUT2D eigenvalue weighted by Gasteiger charge is -2.27. The van der Waals surface area contributed by atoms with Gasteiger partial charge in [0.1, 0.15) is 5.76 Å². The number of benzene rings is 2. The van der Waals surface area contributed by atoms with E-state index in [4.69, 9.17) is 9.47 Å². The summed E-state index contributed by atoms with van der Waals surface area (Å²) in [4.78, 5) is 30.5. The molecule has 0 saturated carbocycles. The van der Waals surface area contributed by atoms with Crippen LogP contribution >= 0.6 is 0 Å². The van der Waals surface area contributed by atoms with Crippen LogP contribution in [0.2, 0.25) is 0 Å². The second kappa shape index (κ2) is 13.5. The minimum Gasteiger partial charge on any atom is -0.507 e. The zero-order chi connectivity index (χ0) is 27.8. The number of likely N-dealkylation sites (tertiary alicyclic amines) is 1. The zero-order valence-corrected chi connectivity index (χ0v) is 23.6.